The zero-order valence-electron chi connectivity index (χ0n) is 20.4. The second-order valence-corrected chi connectivity index (χ2v) is 8.56. The lowest BCUT2D eigenvalue weighted by molar-refractivity contribution is -0.143. The molecule has 1 aromatic heterocycles. The van der Waals surface area contributed by atoms with Crippen molar-refractivity contribution in [1.29, 1.82) is 0 Å². The second kappa shape index (κ2) is 11.9. The van der Waals surface area contributed by atoms with E-state index in [1.807, 2.05) is 13.8 Å². The van der Waals surface area contributed by atoms with Crippen molar-refractivity contribution in [3.05, 3.63) is 59.4 Å². The van der Waals surface area contributed by atoms with Crippen LogP contribution in [0.2, 0.25) is 0 Å². The number of aromatic nitrogens is 2. The summed E-state index contributed by atoms with van der Waals surface area (Å²) in [6, 6.07) is 5.10. The van der Waals surface area contributed by atoms with Crippen LogP contribution in [-0.2, 0) is 14.3 Å². The third kappa shape index (κ3) is 6.98. The number of nitrogens with one attached hydrogen (secondary N) is 1. The van der Waals surface area contributed by atoms with Crippen LogP contribution >= 0.6 is 0 Å². The Bertz CT molecular complexity index is 1350. The highest BCUT2D eigenvalue weighted by atomic mass is 19.1. The minimum absolute atomic E-state index is 0.0909. The number of allylic oxidation sites excluding steroid dienone is 4. The molecule has 3 rings (SSSR count). The van der Waals surface area contributed by atoms with Gasteiger partial charge in [-0.25, -0.2) is 9.48 Å². The standard InChI is InChI=1S/C26H26FN3O7/c1-15(2)11-17(12-23(32)33)28-26(35)19-13-20(30(29-19)18-9-7-16(27)8-10-18)25-21(31)5-4-6-22(25)37-14-24(34)36-3/h4-7,9,13,15,17,31H,11-12,14H2,1-3H3,(H,28,35)(H,32,33)/t17-/m0/s1. The van der Waals surface area contributed by atoms with Gasteiger partial charge in [-0.1, -0.05) is 19.9 Å². The van der Waals surface area contributed by atoms with Gasteiger partial charge in [0.25, 0.3) is 5.91 Å². The van der Waals surface area contributed by atoms with E-state index in [0.717, 1.165) is 6.08 Å². The van der Waals surface area contributed by atoms with Crippen molar-refractivity contribution >= 4 is 23.5 Å². The topological polar surface area (TPSA) is 140 Å². The van der Waals surface area contributed by atoms with Gasteiger partial charge in [-0.2, -0.15) is 9.49 Å². The fourth-order valence-electron chi connectivity index (χ4n) is 3.66. The molecule has 0 fully saturated rings. The largest absolute Gasteiger partial charge is 0.507 e. The number of amides is 1. The highest BCUT2D eigenvalue weighted by Crippen LogP contribution is 2.39. The van der Waals surface area contributed by atoms with Crippen molar-refractivity contribution in [2.24, 2.45) is 5.92 Å². The zero-order chi connectivity index (χ0) is 27.1. The molecule has 1 heterocycles. The number of aliphatic carboxylic acids is 1. The van der Waals surface area contributed by atoms with Crippen molar-refractivity contribution in [1.82, 2.24) is 15.1 Å². The number of carboxylic acid groups (broad SMARTS) is 1. The summed E-state index contributed by atoms with van der Waals surface area (Å²) in [4.78, 5) is 36.0. The maximum absolute atomic E-state index is 13.5. The van der Waals surface area contributed by atoms with E-state index in [4.69, 9.17) is 4.74 Å². The van der Waals surface area contributed by atoms with Crippen LogP contribution in [0.3, 0.4) is 0 Å². The molecule has 1 aliphatic rings. The normalized spacial score (nSPS) is 13.1. The SMILES string of the molecule is COC(=O)COc1cccc(O)c1-c1cc(C(=O)N[C@H](CC(=O)O)CC(C)C)nn1C1=C=C=C(F)C=C1. The number of hydrogen-bond donors (Lipinski definition) is 3. The van der Waals surface area contributed by atoms with Gasteiger partial charge in [0.1, 0.15) is 17.2 Å². The van der Waals surface area contributed by atoms with E-state index < -0.39 is 36.3 Å². The number of esters is 1. The van der Waals surface area contributed by atoms with Gasteiger partial charge in [0, 0.05) is 6.04 Å². The predicted molar refractivity (Wildman–Crippen MR) is 130 cm³/mol. The van der Waals surface area contributed by atoms with E-state index in [1.54, 1.807) is 0 Å². The minimum atomic E-state index is -1.06. The van der Waals surface area contributed by atoms with Gasteiger partial charge in [-0.05, 0) is 54.2 Å². The Kier molecular flexibility index (Phi) is 8.68. The smallest absolute Gasteiger partial charge is 0.343 e. The number of phenolic OH excluding ortho intramolecular Hbond substituents is 1. The lowest BCUT2D eigenvalue weighted by Crippen LogP contribution is -2.37. The van der Waals surface area contributed by atoms with E-state index in [9.17, 15) is 29.0 Å². The third-order valence-corrected chi connectivity index (χ3v) is 5.21. The van der Waals surface area contributed by atoms with Gasteiger partial charge in [-0.3, -0.25) is 9.59 Å². The summed E-state index contributed by atoms with van der Waals surface area (Å²) in [6.45, 7) is 3.36. The van der Waals surface area contributed by atoms with Crippen molar-refractivity contribution in [2.45, 2.75) is 32.7 Å². The Morgan fingerprint density at radius 2 is 1.97 bits per heavy atom. The first-order valence-corrected chi connectivity index (χ1v) is 11.3. The number of nitrogens with zero attached hydrogens (tertiary/aromatic N) is 2. The molecule has 1 amide bonds. The first-order valence-electron chi connectivity index (χ1n) is 11.3. The second-order valence-electron chi connectivity index (χ2n) is 8.56. The molecule has 0 radical (unpaired) electrons. The molecule has 2 aromatic rings. The Labute approximate surface area is 212 Å². The molecule has 1 aliphatic carbocycles. The maximum Gasteiger partial charge on any atom is 0.343 e. The van der Waals surface area contributed by atoms with Crippen molar-refractivity contribution in [2.75, 3.05) is 13.7 Å². The van der Waals surface area contributed by atoms with Crippen LogP contribution in [0.5, 0.6) is 11.5 Å². The molecule has 0 aliphatic heterocycles. The van der Waals surface area contributed by atoms with Gasteiger partial charge in [0.05, 0.1) is 24.8 Å². The average molecular weight is 512 g/mol. The molecule has 3 N–H and O–H groups in total. The number of halogens is 1. The number of phenols is 1. The molecule has 10 nitrogen and oxygen atoms in total. The molecule has 11 heteroatoms. The number of ether oxygens (including phenoxy) is 2. The Balaban J connectivity index is 2.10. The Morgan fingerprint density at radius 3 is 2.59 bits per heavy atom. The summed E-state index contributed by atoms with van der Waals surface area (Å²) in [5.74, 6) is -3.05. The number of benzene rings is 1. The monoisotopic (exact) mass is 511 g/mol. The quantitative estimate of drug-likeness (QED) is 0.308. The predicted octanol–water partition coefficient (Wildman–Crippen LogP) is 3.44. The molecular weight excluding hydrogens is 485 g/mol. The van der Waals surface area contributed by atoms with Gasteiger partial charge in [-0.15, -0.1) is 0 Å². The molecule has 0 bridgehead atoms. The van der Waals surface area contributed by atoms with Crippen LogP contribution < -0.4 is 10.1 Å². The van der Waals surface area contributed by atoms with Gasteiger partial charge < -0.3 is 25.0 Å². The van der Waals surface area contributed by atoms with Crippen molar-refractivity contribution in [3.8, 4) is 22.8 Å². The third-order valence-electron chi connectivity index (χ3n) is 5.21. The molecule has 0 saturated heterocycles. The summed E-state index contributed by atoms with van der Waals surface area (Å²) < 4.78 is 24.9. The van der Waals surface area contributed by atoms with Crippen molar-refractivity contribution in [3.63, 3.8) is 0 Å². The first-order chi connectivity index (χ1) is 17.6. The molecule has 37 heavy (non-hydrogen) atoms. The van der Waals surface area contributed by atoms with Crippen molar-refractivity contribution < 1.29 is 38.5 Å². The Morgan fingerprint density at radius 1 is 1.22 bits per heavy atom. The first kappa shape index (κ1) is 27.0. The highest BCUT2D eigenvalue weighted by Gasteiger charge is 2.25. The number of methoxy groups -OCH3 is 1. The van der Waals surface area contributed by atoms with Gasteiger partial charge >= 0.3 is 11.9 Å². The van der Waals surface area contributed by atoms with Crippen LogP contribution in [0.4, 0.5) is 4.39 Å². The van der Waals surface area contributed by atoms with Gasteiger partial charge in [0.2, 0.25) is 0 Å². The number of carbonyl (C=O) groups is 3. The number of rotatable bonds is 11. The lowest BCUT2D eigenvalue weighted by atomic mass is 10.0. The molecule has 1 atom stereocenters. The number of aromatic hydroxyl groups is 1. The van der Waals surface area contributed by atoms with E-state index in [-0.39, 0.29) is 46.5 Å². The summed E-state index contributed by atoms with van der Waals surface area (Å²) >= 11 is 0. The molecule has 0 unspecified atom stereocenters. The summed E-state index contributed by atoms with van der Waals surface area (Å²) in [7, 11) is 1.20. The van der Waals surface area contributed by atoms with E-state index in [2.05, 4.69) is 26.6 Å². The molecule has 0 saturated carbocycles. The molecule has 194 valence electrons. The van der Waals surface area contributed by atoms with E-state index >= 15 is 0 Å². The summed E-state index contributed by atoms with van der Waals surface area (Å²) in [6.07, 6.45) is 2.63. The fourth-order valence-corrected chi connectivity index (χ4v) is 3.66. The molecule has 0 spiro atoms. The number of carbonyl (C=O) groups excluding carboxylic acids is 2. The number of hydrogen-bond acceptors (Lipinski definition) is 7. The molecule has 1 aromatic carbocycles. The van der Waals surface area contributed by atoms with Crippen LogP contribution in [-0.4, -0.2) is 57.6 Å². The van der Waals surface area contributed by atoms with Crippen LogP contribution in [0.15, 0.2) is 53.7 Å². The average Bonchev–Trinajstić information content (AvgIpc) is 3.27. The summed E-state index contributed by atoms with van der Waals surface area (Å²) in [5.41, 5.74) is 5.25. The van der Waals surface area contributed by atoms with Crippen LogP contribution in [0.25, 0.3) is 17.0 Å². The molecular formula is C26H26FN3O7. The zero-order valence-corrected chi connectivity index (χ0v) is 20.4. The number of carboxylic acids is 1. The highest BCUT2D eigenvalue weighted by molar-refractivity contribution is 5.95. The lowest BCUT2D eigenvalue weighted by Gasteiger charge is -2.18. The summed E-state index contributed by atoms with van der Waals surface area (Å²) in [5, 5.41) is 26.9. The minimum Gasteiger partial charge on any atom is -0.507 e. The van der Waals surface area contributed by atoms with Crippen LogP contribution in [0, 0.1) is 5.92 Å². The fraction of sp³-hybridized carbons (Fsp3) is 0.308. The van der Waals surface area contributed by atoms with E-state index in [0.29, 0.717) is 6.42 Å². The maximum atomic E-state index is 13.5. The van der Waals surface area contributed by atoms with Gasteiger partial charge in [0.15, 0.2) is 18.1 Å². The van der Waals surface area contributed by atoms with Crippen LogP contribution in [0.1, 0.15) is 37.2 Å². The Hall–Kier alpha value is -4.59. The van der Waals surface area contributed by atoms with E-state index in [1.165, 1.54) is 42.1 Å².